The van der Waals surface area contributed by atoms with E-state index >= 15 is 0 Å². The monoisotopic (exact) mass is 413 g/mol. The van der Waals surface area contributed by atoms with Crippen molar-refractivity contribution in [2.24, 2.45) is 0 Å². The summed E-state index contributed by atoms with van der Waals surface area (Å²) in [5.74, 6) is 1.20. The molecule has 1 aromatic heterocycles. The lowest BCUT2D eigenvalue weighted by Crippen LogP contribution is -2.24. The van der Waals surface area contributed by atoms with Crippen LogP contribution in [0.25, 0.3) is 0 Å². The van der Waals surface area contributed by atoms with E-state index in [0.29, 0.717) is 0 Å². The van der Waals surface area contributed by atoms with Crippen molar-refractivity contribution in [2.45, 2.75) is 43.7 Å². The molecule has 1 atom stereocenters. The summed E-state index contributed by atoms with van der Waals surface area (Å²) in [6, 6.07) is 18.8. The minimum Gasteiger partial charge on any atom is -0.370 e. The van der Waals surface area contributed by atoms with E-state index in [1.54, 1.807) is 0 Å². The zero-order valence-corrected chi connectivity index (χ0v) is 17.7. The summed E-state index contributed by atoms with van der Waals surface area (Å²) in [4.78, 5) is 1.20. The number of hydrogen-bond acceptors (Lipinski definition) is 3. The maximum Gasteiger partial charge on any atom is 0.173 e. The van der Waals surface area contributed by atoms with Gasteiger partial charge in [-0.05, 0) is 49.1 Å². The molecule has 6 heteroatoms. The van der Waals surface area contributed by atoms with Gasteiger partial charge in [0.1, 0.15) is 11.9 Å². The van der Waals surface area contributed by atoms with Gasteiger partial charge in [0.15, 0.2) is 4.90 Å². The fourth-order valence-electron chi connectivity index (χ4n) is 3.66. The molecule has 4 rings (SSSR count). The summed E-state index contributed by atoms with van der Waals surface area (Å²) >= 11 is 7.10. The Morgan fingerprint density at radius 3 is 2.71 bits per heavy atom. The van der Waals surface area contributed by atoms with E-state index in [1.165, 1.54) is 21.8 Å². The molecule has 0 fully saturated rings. The molecule has 0 amide bonds. The number of hydrogen-bond donors (Lipinski definition) is 2. The summed E-state index contributed by atoms with van der Waals surface area (Å²) in [5, 5.41) is 9.33. The van der Waals surface area contributed by atoms with Crippen LogP contribution in [0.4, 0.5) is 5.82 Å². The van der Waals surface area contributed by atoms with E-state index in [2.05, 4.69) is 64.1 Å². The quantitative estimate of drug-likeness (QED) is 0.440. The number of anilines is 1. The molecule has 2 N–H and O–H groups in total. The Bertz CT molecular complexity index is 908. The summed E-state index contributed by atoms with van der Waals surface area (Å²) in [7, 11) is 0. The normalized spacial score (nSPS) is 14.4. The predicted molar refractivity (Wildman–Crippen MR) is 119 cm³/mol. The van der Waals surface area contributed by atoms with Gasteiger partial charge in [-0.25, -0.2) is 4.68 Å². The van der Waals surface area contributed by atoms with Crippen LogP contribution in [0, 0.1) is 0 Å². The van der Waals surface area contributed by atoms with Crippen LogP contribution in [0.5, 0.6) is 0 Å². The maximum absolute atomic E-state index is 6.03. The van der Waals surface area contributed by atoms with Crippen molar-refractivity contribution in [3.63, 3.8) is 0 Å². The van der Waals surface area contributed by atoms with Gasteiger partial charge in [-0.15, -0.1) is 4.72 Å². The van der Waals surface area contributed by atoms with Gasteiger partial charge in [-0.3, -0.25) is 0 Å². The molecule has 0 spiro atoms. The Labute approximate surface area is 175 Å². The number of rotatable bonds is 7. The van der Waals surface area contributed by atoms with Crippen molar-refractivity contribution in [1.29, 1.82) is 0 Å². The lowest BCUT2D eigenvalue weighted by Gasteiger charge is -2.16. The smallest absolute Gasteiger partial charge is 0.173 e. The number of fused-ring (bicyclic) bond motifs is 1. The van der Waals surface area contributed by atoms with Gasteiger partial charge in [-0.1, -0.05) is 48.9 Å². The third kappa shape index (κ3) is 4.37. The van der Waals surface area contributed by atoms with Gasteiger partial charge in [0.05, 0.1) is 17.6 Å². The molecule has 2 heterocycles. The van der Waals surface area contributed by atoms with Crippen molar-refractivity contribution in [3.8, 4) is 0 Å². The van der Waals surface area contributed by atoms with Crippen molar-refractivity contribution < 1.29 is 0 Å². The molecule has 4 nitrogen and oxygen atoms in total. The van der Waals surface area contributed by atoms with Crippen LogP contribution in [-0.4, -0.2) is 16.3 Å². The highest BCUT2D eigenvalue weighted by Gasteiger charge is 2.27. The molecule has 3 aromatic rings. The Hall–Kier alpha value is -1.95. The van der Waals surface area contributed by atoms with Crippen molar-refractivity contribution in [1.82, 2.24) is 14.5 Å². The minimum atomic E-state index is 0.148. The van der Waals surface area contributed by atoms with Gasteiger partial charge in [-0.2, -0.15) is 5.10 Å². The summed E-state index contributed by atoms with van der Waals surface area (Å²) in [5.41, 5.74) is 3.81. The molecule has 1 aliphatic rings. The Morgan fingerprint density at radius 2 is 1.96 bits per heavy atom. The maximum atomic E-state index is 6.03. The highest BCUT2D eigenvalue weighted by atomic mass is 35.5. The summed E-state index contributed by atoms with van der Waals surface area (Å²) in [6.07, 6.45) is 3.00. The second-order valence-electron chi connectivity index (χ2n) is 7.03. The molecule has 0 bridgehead atoms. The molecule has 0 saturated carbocycles. The van der Waals surface area contributed by atoms with E-state index in [9.17, 15) is 0 Å². The van der Waals surface area contributed by atoms with Crippen LogP contribution < -0.4 is 10.0 Å². The van der Waals surface area contributed by atoms with Gasteiger partial charge >= 0.3 is 0 Å². The lowest BCUT2D eigenvalue weighted by molar-refractivity contribution is 0.545. The number of nitrogens with one attached hydrogen (secondary N) is 2. The second kappa shape index (κ2) is 9.03. The summed E-state index contributed by atoms with van der Waals surface area (Å²) < 4.78 is 5.88. The highest BCUT2D eigenvalue weighted by Crippen LogP contribution is 2.30. The first-order chi connectivity index (χ1) is 13.7. The molecule has 0 radical (unpaired) electrons. The van der Waals surface area contributed by atoms with Gasteiger partial charge in [0, 0.05) is 23.7 Å². The summed E-state index contributed by atoms with van der Waals surface area (Å²) in [6.45, 7) is 4.23. The Balaban J connectivity index is 1.62. The molecule has 0 aliphatic carbocycles. The average molecular weight is 414 g/mol. The zero-order chi connectivity index (χ0) is 19.3. The number of aryl methyl sites for hydroxylation is 1. The topological polar surface area (TPSA) is 41.9 Å². The van der Waals surface area contributed by atoms with Crippen LogP contribution in [0.1, 0.15) is 36.2 Å². The highest BCUT2D eigenvalue weighted by molar-refractivity contribution is 7.76. The van der Waals surface area contributed by atoms with Gasteiger partial charge in [0.2, 0.25) is 0 Å². The number of thiol groups is 1. The first-order valence-electron chi connectivity index (χ1n) is 9.84. The first-order valence-corrected chi connectivity index (χ1v) is 11.1. The second-order valence-corrected chi connectivity index (χ2v) is 8.46. The van der Waals surface area contributed by atoms with Crippen LogP contribution >= 0.6 is 11.6 Å². The fourth-order valence-corrected chi connectivity index (χ4v) is 4.61. The van der Waals surface area contributed by atoms with Crippen LogP contribution in [0.3, 0.4) is 0 Å². The first kappa shape index (κ1) is 19.4. The number of benzene rings is 2. The zero-order valence-electron chi connectivity index (χ0n) is 16.0. The average Bonchev–Trinajstić information content (AvgIpc) is 3.11. The lowest BCUT2D eigenvalue weighted by atomic mass is 10.00. The van der Waals surface area contributed by atoms with E-state index in [-0.39, 0.29) is 6.04 Å². The number of aromatic nitrogens is 2. The van der Waals surface area contributed by atoms with Crippen molar-refractivity contribution >= 4 is 29.4 Å². The van der Waals surface area contributed by atoms with E-state index in [0.717, 1.165) is 55.0 Å². The van der Waals surface area contributed by atoms with Crippen molar-refractivity contribution in [2.75, 3.05) is 11.9 Å². The Morgan fingerprint density at radius 1 is 1.18 bits per heavy atom. The molecule has 146 valence electrons. The van der Waals surface area contributed by atoms with Crippen molar-refractivity contribution in [3.05, 3.63) is 76.4 Å². The molecule has 1 aliphatic heterocycles. The third-order valence-electron chi connectivity index (χ3n) is 5.06. The SMILES string of the molecule is CCc1c(C(Cc2ccccc2)N[SH+]c2ccc(Cl)cc2)nn2c1NCCC2. The number of halogens is 1. The Kier molecular flexibility index (Phi) is 6.25. The standard InChI is InChI=1S/C22H25ClN4S/c1-2-19-21(25-27-14-6-13-24-22(19)27)20(15-16-7-4-3-5-8-16)26-28-18-11-9-17(23)10-12-18/h3-5,7-12,20,24,26H,2,6,13-15H2,1H3/p+1. The van der Waals surface area contributed by atoms with Crippen LogP contribution in [-0.2, 0) is 31.3 Å². The number of nitrogens with zero attached hydrogens (tertiary/aromatic N) is 2. The van der Waals surface area contributed by atoms with Crippen LogP contribution in [0.2, 0.25) is 5.02 Å². The molecule has 1 unspecified atom stereocenters. The molecular weight excluding hydrogens is 388 g/mol. The fraction of sp³-hybridized carbons (Fsp3) is 0.318. The minimum absolute atomic E-state index is 0.148. The largest absolute Gasteiger partial charge is 0.370 e. The predicted octanol–water partition coefficient (Wildman–Crippen LogP) is 4.58. The van der Waals surface area contributed by atoms with E-state index in [1.807, 2.05) is 12.1 Å². The van der Waals surface area contributed by atoms with Crippen LogP contribution in [0.15, 0.2) is 59.5 Å². The van der Waals surface area contributed by atoms with Gasteiger partial charge in [0.25, 0.3) is 0 Å². The molecular formula is C22H26ClN4S+. The van der Waals surface area contributed by atoms with Gasteiger partial charge < -0.3 is 5.32 Å². The van der Waals surface area contributed by atoms with E-state index < -0.39 is 0 Å². The third-order valence-corrected chi connectivity index (χ3v) is 6.31. The molecule has 2 aromatic carbocycles. The molecule has 0 saturated heterocycles. The molecule has 28 heavy (non-hydrogen) atoms. The van der Waals surface area contributed by atoms with E-state index in [4.69, 9.17) is 16.7 Å².